The lowest BCUT2D eigenvalue weighted by molar-refractivity contribution is 0.102. The molecule has 0 aliphatic heterocycles. The van der Waals surface area contributed by atoms with Gasteiger partial charge in [-0.25, -0.2) is 4.39 Å². The fourth-order valence-electron chi connectivity index (χ4n) is 1.64. The number of hydrogen-bond donors (Lipinski definition) is 0. The number of carbonyl (C=O) groups excluding carboxylic acids is 1. The smallest absolute Gasteiger partial charge is 0.173 e. The van der Waals surface area contributed by atoms with E-state index in [-0.39, 0.29) is 17.3 Å². The molecular formula is C15H11Cl2FO2S. The normalized spacial score (nSPS) is 10.5. The second-order valence-corrected chi connectivity index (χ2v) is 6.00. The molecule has 0 radical (unpaired) electrons. The van der Waals surface area contributed by atoms with Crippen LogP contribution in [0, 0.1) is 5.82 Å². The van der Waals surface area contributed by atoms with Crippen molar-refractivity contribution in [2.24, 2.45) is 0 Å². The first kappa shape index (κ1) is 16.1. The van der Waals surface area contributed by atoms with Gasteiger partial charge in [-0.05, 0) is 36.4 Å². The minimum absolute atomic E-state index is 0.115. The molecule has 110 valence electrons. The molecule has 0 fully saturated rings. The van der Waals surface area contributed by atoms with Gasteiger partial charge in [-0.3, -0.25) is 4.79 Å². The molecule has 6 heteroatoms. The number of rotatable bonds is 5. The van der Waals surface area contributed by atoms with Gasteiger partial charge in [0.1, 0.15) is 0 Å². The van der Waals surface area contributed by atoms with Crippen molar-refractivity contribution in [2.45, 2.75) is 4.90 Å². The second kappa shape index (κ2) is 7.16. The molecule has 0 aliphatic rings. The lowest BCUT2D eigenvalue weighted by Gasteiger charge is -2.05. The van der Waals surface area contributed by atoms with Crippen LogP contribution in [-0.4, -0.2) is 18.6 Å². The monoisotopic (exact) mass is 344 g/mol. The van der Waals surface area contributed by atoms with E-state index in [0.29, 0.717) is 15.6 Å². The summed E-state index contributed by atoms with van der Waals surface area (Å²) in [7, 11) is 1.38. The third-order valence-corrected chi connectivity index (χ3v) is 4.47. The van der Waals surface area contributed by atoms with E-state index in [1.54, 1.807) is 24.3 Å². The standard InChI is InChI=1S/C15H11Cl2FO2S/c1-20-15-5-2-9(6-13(15)18)14(19)8-21-10-3-4-11(16)12(17)7-10/h2-7H,8H2,1H3. The summed E-state index contributed by atoms with van der Waals surface area (Å²) in [4.78, 5) is 12.9. The molecule has 2 rings (SSSR count). The number of carbonyl (C=O) groups is 1. The third-order valence-electron chi connectivity index (χ3n) is 2.73. The van der Waals surface area contributed by atoms with Crippen molar-refractivity contribution in [3.8, 4) is 5.75 Å². The number of ether oxygens (including phenoxy) is 1. The Hall–Kier alpha value is -1.23. The molecule has 0 aromatic heterocycles. The van der Waals surface area contributed by atoms with Crippen LogP contribution in [0.3, 0.4) is 0 Å². The fourth-order valence-corrected chi connectivity index (χ4v) is 2.83. The maximum atomic E-state index is 13.6. The quantitative estimate of drug-likeness (QED) is 0.556. The predicted octanol–water partition coefficient (Wildman–Crippen LogP) is 5.12. The second-order valence-electron chi connectivity index (χ2n) is 4.14. The van der Waals surface area contributed by atoms with Crippen LogP contribution < -0.4 is 4.74 Å². The van der Waals surface area contributed by atoms with Gasteiger partial charge in [-0.1, -0.05) is 23.2 Å². The van der Waals surface area contributed by atoms with Crippen LogP contribution in [0.1, 0.15) is 10.4 Å². The first-order valence-electron chi connectivity index (χ1n) is 5.96. The molecule has 21 heavy (non-hydrogen) atoms. The summed E-state index contributed by atoms with van der Waals surface area (Å²) in [6, 6.07) is 9.30. The molecule has 0 atom stereocenters. The molecule has 0 saturated carbocycles. The topological polar surface area (TPSA) is 26.3 Å². The van der Waals surface area contributed by atoms with Gasteiger partial charge < -0.3 is 4.74 Å². The van der Waals surface area contributed by atoms with Crippen molar-refractivity contribution in [1.29, 1.82) is 0 Å². The van der Waals surface area contributed by atoms with E-state index in [9.17, 15) is 9.18 Å². The molecule has 2 nitrogen and oxygen atoms in total. The van der Waals surface area contributed by atoms with Crippen LogP contribution in [0.5, 0.6) is 5.75 Å². The highest BCUT2D eigenvalue weighted by Gasteiger charge is 2.11. The van der Waals surface area contributed by atoms with Crippen LogP contribution in [0.2, 0.25) is 10.0 Å². The van der Waals surface area contributed by atoms with Gasteiger partial charge in [0.05, 0.1) is 22.9 Å². The molecule has 0 heterocycles. The van der Waals surface area contributed by atoms with Crippen LogP contribution >= 0.6 is 35.0 Å². The van der Waals surface area contributed by atoms with Crippen molar-refractivity contribution in [3.05, 3.63) is 57.8 Å². The summed E-state index contributed by atoms with van der Waals surface area (Å²) in [5, 5.41) is 0.897. The first-order chi connectivity index (χ1) is 10.0. The Balaban J connectivity index is 2.04. The summed E-state index contributed by atoms with van der Waals surface area (Å²) >= 11 is 13.0. The van der Waals surface area contributed by atoms with Crippen molar-refractivity contribution in [1.82, 2.24) is 0 Å². The molecule has 0 saturated heterocycles. The summed E-state index contributed by atoms with van der Waals surface area (Å²) in [5.41, 5.74) is 0.306. The number of benzene rings is 2. The maximum absolute atomic E-state index is 13.6. The molecular weight excluding hydrogens is 334 g/mol. The highest BCUT2D eigenvalue weighted by atomic mass is 35.5. The molecule has 0 aliphatic carbocycles. The van der Waals surface area contributed by atoms with Crippen LogP contribution in [-0.2, 0) is 0 Å². The van der Waals surface area contributed by atoms with Crippen molar-refractivity contribution in [2.75, 3.05) is 12.9 Å². The fraction of sp³-hybridized carbons (Fsp3) is 0.133. The zero-order valence-corrected chi connectivity index (χ0v) is 13.4. The largest absolute Gasteiger partial charge is 0.494 e. The number of methoxy groups -OCH3 is 1. The number of halogens is 3. The highest BCUT2D eigenvalue weighted by Crippen LogP contribution is 2.28. The average molecular weight is 345 g/mol. The van der Waals surface area contributed by atoms with Gasteiger partial charge in [0.25, 0.3) is 0 Å². The van der Waals surface area contributed by atoms with E-state index < -0.39 is 5.82 Å². The zero-order chi connectivity index (χ0) is 15.4. The van der Waals surface area contributed by atoms with Crippen LogP contribution in [0.25, 0.3) is 0 Å². The first-order valence-corrected chi connectivity index (χ1v) is 7.70. The molecule has 0 unspecified atom stereocenters. The summed E-state index contributed by atoms with van der Waals surface area (Å²) in [5.74, 6) is -0.428. The minimum atomic E-state index is -0.553. The number of thioether (sulfide) groups is 1. The number of Topliss-reactive ketones (excluding diaryl/α,β-unsaturated/α-hetero) is 1. The third kappa shape index (κ3) is 4.13. The summed E-state index contributed by atoms with van der Waals surface area (Å²) < 4.78 is 18.4. The lowest BCUT2D eigenvalue weighted by Crippen LogP contribution is -2.03. The Morgan fingerprint density at radius 1 is 1.19 bits per heavy atom. The highest BCUT2D eigenvalue weighted by molar-refractivity contribution is 8.00. The van der Waals surface area contributed by atoms with Gasteiger partial charge in [-0.15, -0.1) is 11.8 Å². The van der Waals surface area contributed by atoms with E-state index in [4.69, 9.17) is 27.9 Å². The Labute approximate surface area is 136 Å². The Morgan fingerprint density at radius 2 is 1.95 bits per heavy atom. The maximum Gasteiger partial charge on any atom is 0.173 e. The van der Waals surface area contributed by atoms with Crippen LogP contribution in [0.4, 0.5) is 4.39 Å². The molecule has 2 aromatic carbocycles. The average Bonchev–Trinajstić information content (AvgIpc) is 2.48. The zero-order valence-electron chi connectivity index (χ0n) is 11.0. The van der Waals surface area contributed by atoms with Gasteiger partial charge in [0.15, 0.2) is 17.3 Å². The van der Waals surface area contributed by atoms with Crippen molar-refractivity contribution in [3.63, 3.8) is 0 Å². The summed E-state index contributed by atoms with van der Waals surface area (Å²) in [6.07, 6.45) is 0. The lowest BCUT2D eigenvalue weighted by atomic mass is 10.1. The molecule has 0 N–H and O–H groups in total. The van der Waals surface area contributed by atoms with E-state index in [1.807, 2.05) is 0 Å². The Bertz CT molecular complexity index is 677. The number of hydrogen-bond acceptors (Lipinski definition) is 3. The van der Waals surface area contributed by atoms with E-state index in [2.05, 4.69) is 0 Å². The van der Waals surface area contributed by atoms with Gasteiger partial charge in [0.2, 0.25) is 0 Å². The molecule has 2 aromatic rings. The van der Waals surface area contributed by atoms with E-state index >= 15 is 0 Å². The van der Waals surface area contributed by atoms with Crippen molar-refractivity contribution < 1.29 is 13.9 Å². The van der Waals surface area contributed by atoms with Gasteiger partial charge in [-0.2, -0.15) is 0 Å². The minimum Gasteiger partial charge on any atom is -0.494 e. The van der Waals surface area contributed by atoms with Crippen molar-refractivity contribution >= 4 is 40.7 Å². The van der Waals surface area contributed by atoms with Crippen LogP contribution in [0.15, 0.2) is 41.3 Å². The molecule has 0 bridgehead atoms. The number of ketones is 1. The Morgan fingerprint density at radius 3 is 2.57 bits per heavy atom. The van der Waals surface area contributed by atoms with Gasteiger partial charge >= 0.3 is 0 Å². The van der Waals surface area contributed by atoms with E-state index in [0.717, 1.165) is 4.90 Å². The SMILES string of the molecule is COc1ccc(C(=O)CSc2ccc(Cl)c(Cl)c2)cc1F. The predicted molar refractivity (Wildman–Crippen MR) is 84.5 cm³/mol. The van der Waals surface area contributed by atoms with E-state index in [1.165, 1.54) is 31.0 Å². The molecule has 0 spiro atoms. The molecule has 0 amide bonds. The summed E-state index contributed by atoms with van der Waals surface area (Å²) in [6.45, 7) is 0. The van der Waals surface area contributed by atoms with Gasteiger partial charge in [0, 0.05) is 10.5 Å². The Kier molecular flexibility index (Phi) is 5.51.